The molecule has 1 atom stereocenters. The zero-order chi connectivity index (χ0) is 18.0. The second kappa shape index (κ2) is 7.57. The minimum atomic E-state index is 0.484. The van der Waals surface area contributed by atoms with Gasteiger partial charge in [-0.25, -0.2) is 0 Å². The summed E-state index contributed by atoms with van der Waals surface area (Å²) in [4.78, 5) is 5.17. The number of hydrogen-bond donors (Lipinski definition) is 0. The first-order chi connectivity index (χ1) is 11.2. The van der Waals surface area contributed by atoms with Gasteiger partial charge in [-0.2, -0.15) is 0 Å². The van der Waals surface area contributed by atoms with Crippen molar-refractivity contribution in [3.8, 4) is 0 Å². The van der Waals surface area contributed by atoms with Gasteiger partial charge in [0.2, 0.25) is 0 Å². The van der Waals surface area contributed by atoms with Crippen molar-refractivity contribution in [3.63, 3.8) is 0 Å². The zero-order valence-corrected chi connectivity index (χ0v) is 16.6. The molecule has 1 fully saturated rings. The number of aryl methyl sites for hydroxylation is 3. The van der Waals surface area contributed by atoms with E-state index in [-0.39, 0.29) is 0 Å². The highest BCUT2D eigenvalue weighted by molar-refractivity contribution is 5.60. The molecule has 2 heteroatoms. The standard InChI is InChI=1S/C22H34N2/c1-15(2)11-18(6)21(16(3)4)23-9-10-24(14-23)22-19(7)12-17(5)13-20(22)8/h11-13,16,21H,1,9-10,14H2,2-8H3/b18-11-. The third-order valence-electron chi connectivity index (χ3n) is 4.93. The van der Waals surface area contributed by atoms with Gasteiger partial charge in [-0.3, -0.25) is 4.90 Å². The van der Waals surface area contributed by atoms with Crippen LogP contribution in [0.4, 0.5) is 5.69 Å². The maximum absolute atomic E-state index is 4.05. The number of rotatable bonds is 5. The zero-order valence-electron chi connectivity index (χ0n) is 16.6. The second-order valence-electron chi connectivity index (χ2n) is 7.89. The molecule has 0 amide bonds. The normalized spacial score (nSPS) is 17.7. The molecule has 0 saturated carbocycles. The molecule has 1 unspecified atom stereocenters. The Morgan fingerprint density at radius 3 is 2.17 bits per heavy atom. The van der Waals surface area contributed by atoms with E-state index >= 15 is 0 Å². The smallest absolute Gasteiger partial charge is 0.0713 e. The number of benzene rings is 1. The monoisotopic (exact) mass is 326 g/mol. The van der Waals surface area contributed by atoms with Gasteiger partial charge in [-0.15, -0.1) is 0 Å². The third-order valence-corrected chi connectivity index (χ3v) is 4.93. The Bertz CT molecular complexity index is 616. The van der Waals surface area contributed by atoms with Crippen LogP contribution in [0.3, 0.4) is 0 Å². The van der Waals surface area contributed by atoms with Crippen LogP contribution in [0.1, 0.15) is 44.4 Å². The summed E-state index contributed by atoms with van der Waals surface area (Å²) in [6, 6.07) is 5.09. The van der Waals surface area contributed by atoms with Gasteiger partial charge in [0.25, 0.3) is 0 Å². The average molecular weight is 327 g/mol. The molecule has 2 rings (SSSR count). The van der Waals surface area contributed by atoms with E-state index in [0.717, 1.165) is 25.3 Å². The fraction of sp³-hybridized carbons (Fsp3) is 0.545. The van der Waals surface area contributed by atoms with Crippen LogP contribution in [0.2, 0.25) is 0 Å². The van der Waals surface area contributed by atoms with Gasteiger partial charge in [0.1, 0.15) is 0 Å². The van der Waals surface area contributed by atoms with Crippen LogP contribution in [0, 0.1) is 26.7 Å². The predicted molar refractivity (Wildman–Crippen MR) is 107 cm³/mol. The highest BCUT2D eigenvalue weighted by Crippen LogP contribution is 2.31. The topological polar surface area (TPSA) is 6.48 Å². The van der Waals surface area contributed by atoms with Gasteiger partial charge in [0.05, 0.1) is 6.67 Å². The molecule has 1 aromatic carbocycles. The van der Waals surface area contributed by atoms with E-state index in [0.29, 0.717) is 12.0 Å². The lowest BCUT2D eigenvalue weighted by Gasteiger charge is -2.33. The Hall–Kier alpha value is -1.54. The van der Waals surface area contributed by atoms with Crippen molar-refractivity contribution in [1.29, 1.82) is 0 Å². The highest BCUT2D eigenvalue weighted by atomic mass is 15.4. The first-order valence-electron chi connectivity index (χ1n) is 9.11. The van der Waals surface area contributed by atoms with Gasteiger partial charge in [0, 0.05) is 24.8 Å². The lowest BCUT2D eigenvalue weighted by Crippen LogP contribution is -2.39. The van der Waals surface area contributed by atoms with Crippen LogP contribution >= 0.6 is 0 Å². The average Bonchev–Trinajstić information content (AvgIpc) is 2.85. The number of hydrogen-bond acceptors (Lipinski definition) is 2. The molecule has 0 bridgehead atoms. The Balaban J connectivity index is 2.24. The summed E-state index contributed by atoms with van der Waals surface area (Å²) < 4.78 is 0. The van der Waals surface area contributed by atoms with Gasteiger partial charge < -0.3 is 4.90 Å². The molecule has 0 spiro atoms. The molecule has 2 nitrogen and oxygen atoms in total. The van der Waals surface area contributed by atoms with E-state index in [1.165, 1.54) is 28.0 Å². The van der Waals surface area contributed by atoms with E-state index in [4.69, 9.17) is 0 Å². The Morgan fingerprint density at radius 1 is 1.08 bits per heavy atom. The Kier molecular flexibility index (Phi) is 5.92. The predicted octanol–water partition coefficient (Wildman–Crippen LogP) is 5.24. The molecule has 1 aliphatic heterocycles. The van der Waals surface area contributed by atoms with Crippen molar-refractivity contribution < 1.29 is 0 Å². The van der Waals surface area contributed by atoms with Crippen LogP contribution < -0.4 is 4.90 Å². The quantitative estimate of drug-likeness (QED) is 0.683. The van der Waals surface area contributed by atoms with Crippen molar-refractivity contribution in [2.75, 3.05) is 24.7 Å². The minimum absolute atomic E-state index is 0.484. The molecular formula is C22H34N2. The molecule has 1 aromatic rings. The van der Waals surface area contributed by atoms with Crippen LogP contribution in [-0.4, -0.2) is 30.7 Å². The van der Waals surface area contributed by atoms with Gasteiger partial charge in [-0.1, -0.05) is 55.3 Å². The Labute approximate surface area is 148 Å². The summed E-state index contributed by atoms with van der Waals surface area (Å²) in [6.07, 6.45) is 2.25. The summed E-state index contributed by atoms with van der Waals surface area (Å²) in [5, 5.41) is 0. The summed E-state index contributed by atoms with van der Waals surface area (Å²) in [5.41, 5.74) is 8.13. The van der Waals surface area contributed by atoms with Crippen molar-refractivity contribution in [2.24, 2.45) is 5.92 Å². The molecule has 0 radical (unpaired) electrons. The molecular weight excluding hydrogens is 292 g/mol. The van der Waals surface area contributed by atoms with Crippen LogP contribution in [-0.2, 0) is 0 Å². The molecule has 132 valence electrons. The molecule has 1 aliphatic rings. The van der Waals surface area contributed by atoms with E-state index < -0.39 is 0 Å². The summed E-state index contributed by atoms with van der Waals surface area (Å²) in [7, 11) is 0. The van der Waals surface area contributed by atoms with Gasteiger partial charge in [-0.05, 0) is 51.7 Å². The van der Waals surface area contributed by atoms with E-state index in [9.17, 15) is 0 Å². The van der Waals surface area contributed by atoms with E-state index in [2.05, 4.69) is 83.1 Å². The fourth-order valence-corrected chi connectivity index (χ4v) is 4.40. The maximum Gasteiger partial charge on any atom is 0.0713 e. The van der Waals surface area contributed by atoms with Crippen LogP contribution in [0.25, 0.3) is 0 Å². The van der Waals surface area contributed by atoms with Crippen LogP contribution in [0.5, 0.6) is 0 Å². The number of nitrogens with zero attached hydrogens (tertiary/aromatic N) is 2. The number of allylic oxidation sites excluding steroid dienone is 2. The van der Waals surface area contributed by atoms with Crippen molar-refractivity contribution >= 4 is 5.69 Å². The van der Waals surface area contributed by atoms with Gasteiger partial charge in [0.15, 0.2) is 0 Å². The summed E-state index contributed by atoms with van der Waals surface area (Å²) in [6.45, 7) is 22.9. The second-order valence-corrected chi connectivity index (χ2v) is 7.89. The van der Waals surface area contributed by atoms with E-state index in [1.54, 1.807) is 0 Å². The largest absolute Gasteiger partial charge is 0.357 e. The van der Waals surface area contributed by atoms with Gasteiger partial charge >= 0.3 is 0 Å². The molecule has 24 heavy (non-hydrogen) atoms. The molecule has 1 saturated heterocycles. The summed E-state index contributed by atoms with van der Waals surface area (Å²) in [5.74, 6) is 0.598. The highest BCUT2D eigenvalue weighted by Gasteiger charge is 2.30. The lowest BCUT2D eigenvalue weighted by atomic mass is 9.94. The third kappa shape index (κ3) is 4.10. The maximum atomic E-state index is 4.05. The van der Waals surface area contributed by atoms with Crippen molar-refractivity contribution in [3.05, 3.63) is 52.6 Å². The van der Waals surface area contributed by atoms with Crippen molar-refractivity contribution in [2.45, 2.75) is 54.5 Å². The SMILES string of the molecule is C=C(C)/C=C(/C)C(C(C)C)N1CCN(c2c(C)cc(C)cc2C)C1. The summed E-state index contributed by atoms with van der Waals surface area (Å²) >= 11 is 0. The van der Waals surface area contributed by atoms with Crippen LogP contribution in [0.15, 0.2) is 35.9 Å². The molecule has 0 aliphatic carbocycles. The first kappa shape index (κ1) is 18.8. The van der Waals surface area contributed by atoms with Crippen molar-refractivity contribution in [1.82, 2.24) is 4.90 Å². The molecule has 0 aromatic heterocycles. The molecule has 0 N–H and O–H groups in total. The minimum Gasteiger partial charge on any atom is -0.357 e. The lowest BCUT2D eigenvalue weighted by molar-refractivity contribution is 0.224. The molecule has 1 heterocycles. The fourth-order valence-electron chi connectivity index (χ4n) is 4.40. The first-order valence-corrected chi connectivity index (χ1v) is 9.11. The Morgan fingerprint density at radius 2 is 1.67 bits per heavy atom. The number of anilines is 1. The van der Waals surface area contributed by atoms with E-state index in [1.807, 2.05) is 0 Å².